The number of carbonyl (C=O) groups excluding carboxylic acids is 1. The third-order valence-corrected chi connectivity index (χ3v) is 5.88. The van der Waals surface area contributed by atoms with Crippen molar-refractivity contribution in [3.63, 3.8) is 0 Å². The van der Waals surface area contributed by atoms with Gasteiger partial charge in [-0.25, -0.2) is 0 Å². The van der Waals surface area contributed by atoms with E-state index in [-0.39, 0.29) is 11.9 Å². The van der Waals surface area contributed by atoms with Crippen LogP contribution < -0.4 is 10.6 Å². The molecule has 4 rings (SSSR count). The number of carbonyl (C=O) groups is 1. The number of aromatic nitrogens is 1. The largest absolute Gasteiger partial charge is 0.361 e. The molecule has 0 radical (unpaired) electrons. The van der Waals surface area contributed by atoms with E-state index < -0.39 is 6.04 Å². The number of hydrogen-bond acceptors (Lipinski definition) is 2. The van der Waals surface area contributed by atoms with Gasteiger partial charge in [0.15, 0.2) is 0 Å². The highest BCUT2D eigenvalue weighted by atomic mass is 35.5. The summed E-state index contributed by atoms with van der Waals surface area (Å²) in [6.45, 7) is 0. The van der Waals surface area contributed by atoms with Gasteiger partial charge in [-0.1, -0.05) is 60.1 Å². The number of halogens is 1. The SMILES string of the molecule is CNC(=O)[C@@H](N[C@@H](CCc1ccc(Cl)cc1)c1ccc2[nH]ccc2c1)c1ccccc1. The van der Waals surface area contributed by atoms with Crippen molar-refractivity contribution in [2.45, 2.75) is 24.9 Å². The topological polar surface area (TPSA) is 56.9 Å². The summed E-state index contributed by atoms with van der Waals surface area (Å²) < 4.78 is 0. The molecular weight excluding hydrogens is 406 g/mol. The summed E-state index contributed by atoms with van der Waals surface area (Å²) in [6, 6.07) is 25.8. The zero-order chi connectivity index (χ0) is 21.6. The predicted octanol–water partition coefficient (Wildman–Crippen LogP) is 5.57. The molecule has 1 aromatic heterocycles. The number of H-pyrrole nitrogens is 1. The van der Waals surface area contributed by atoms with Crippen LogP contribution in [0.5, 0.6) is 0 Å². The summed E-state index contributed by atoms with van der Waals surface area (Å²) in [5.41, 5.74) is 4.42. The van der Waals surface area contributed by atoms with Crippen LogP contribution in [0.2, 0.25) is 5.02 Å². The molecule has 0 spiro atoms. The van der Waals surface area contributed by atoms with E-state index in [1.807, 2.05) is 48.7 Å². The van der Waals surface area contributed by atoms with Crippen molar-refractivity contribution in [1.29, 1.82) is 0 Å². The average molecular weight is 432 g/mol. The average Bonchev–Trinajstić information content (AvgIpc) is 3.28. The fourth-order valence-corrected chi connectivity index (χ4v) is 4.04. The lowest BCUT2D eigenvalue weighted by molar-refractivity contribution is -0.123. The van der Waals surface area contributed by atoms with E-state index in [0.29, 0.717) is 0 Å². The second-order valence-electron chi connectivity index (χ2n) is 7.67. The third-order valence-electron chi connectivity index (χ3n) is 5.62. The molecule has 0 saturated carbocycles. The first kappa shape index (κ1) is 21.2. The van der Waals surface area contributed by atoms with Crippen LogP contribution in [0, 0.1) is 0 Å². The minimum atomic E-state index is -0.441. The van der Waals surface area contributed by atoms with Gasteiger partial charge in [0.05, 0.1) is 0 Å². The highest BCUT2D eigenvalue weighted by molar-refractivity contribution is 6.30. The summed E-state index contributed by atoms with van der Waals surface area (Å²) in [6.07, 6.45) is 3.66. The van der Waals surface area contributed by atoms with Crippen LogP contribution in [0.15, 0.2) is 85.1 Å². The monoisotopic (exact) mass is 431 g/mol. The van der Waals surface area contributed by atoms with Gasteiger partial charge in [0.2, 0.25) is 5.91 Å². The number of likely N-dealkylation sites (N-methyl/N-ethyl adjacent to an activating group) is 1. The maximum absolute atomic E-state index is 12.8. The zero-order valence-corrected chi connectivity index (χ0v) is 18.2. The summed E-state index contributed by atoms with van der Waals surface area (Å²) in [7, 11) is 1.68. The van der Waals surface area contributed by atoms with E-state index in [1.54, 1.807) is 7.05 Å². The van der Waals surface area contributed by atoms with Crippen molar-refractivity contribution in [3.05, 3.63) is 107 Å². The van der Waals surface area contributed by atoms with Crippen LogP contribution in [-0.4, -0.2) is 17.9 Å². The van der Waals surface area contributed by atoms with Crippen molar-refractivity contribution in [2.24, 2.45) is 0 Å². The Labute approximate surface area is 187 Å². The van der Waals surface area contributed by atoms with Crippen molar-refractivity contribution in [3.8, 4) is 0 Å². The molecule has 4 aromatic rings. The molecule has 0 aliphatic rings. The Balaban J connectivity index is 1.64. The standard InChI is InChI=1S/C26H26ClN3O/c1-28-26(31)25(19-5-3-2-4-6-19)30-24(13-9-18-7-11-22(27)12-8-18)20-10-14-23-21(17-20)15-16-29-23/h2-8,10-12,14-17,24-25,29-30H,9,13H2,1H3,(H,28,31)/t24-,25-/m0/s1. The lowest BCUT2D eigenvalue weighted by atomic mass is 9.95. The molecule has 5 heteroatoms. The van der Waals surface area contributed by atoms with E-state index in [9.17, 15) is 4.79 Å². The van der Waals surface area contributed by atoms with Gasteiger partial charge >= 0.3 is 0 Å². The van der Waals surface area contributed by atoms with E-state index in [4.69, 9.17) is 11.6 Å². The maximum Gasteiger partial charge on any atom is 0.241 e. The van der Waals surface area contributed by atoms with E-state index in [1.165, 1.54) is 5.56 Å². The summed E-state index contributed by atoms with van der Waals surface area (Å²) >= 11 is 6.04. The molecule has 1 heterocycles. The van der Waals surface area contributed by atoms with Crippen LogP contribution in [0.4, 0.5) is 0 Å². The van der Waals surface area contributed by atoms with Crippen molar-refractivity contribution < 1.29 is 4.79 Å². The predicted molar refractivity (Wildman–Crippen MR) is 127 cm³/mol. The second-order valence-corrected chi connectivity index (χ2v) is 8.10. The quantitative estimate of drug-likeness (QED) is 0.341. The summed E-state index contributed by atoms with van der Waals surface area (Å²) in [4.78, 5) is 16.0. The molecule has 3 N–H and O–H groups in total. The lowest BCUT2D eigenvalue weighted by Gasteiger charge is -2.26. The fourth-order valence-electron chi connectivity index (χ4n) is 3.91. The number of amides is 1. The number of rotatable bonds is 8. The van der Waals surface area contributed by atoms with Crippen molar-refractivity contribution >= 4 is 28.4 Å². The summed E-state index contributed by atoms with van der Waals surface area (Å²) in [5, 5.41) is 8.33. The molecule has 158 valence electrons. The Morgan fingerprint density at radius 1 is 0.968 bits per heavy atom. The minimum absolute atomic E-state index is 0.00233. The first-order chi connectivity index (χ1) is 15.1. The van der Waals surface area contributed by atoms with Crippen LogP contribution in [0.25, 0.3) is 10.9 Å². The van der Waals surface area contributed by atoms with E-state index in [2.05, 4.69) is 52.0 Å². The first-order valence-electron chi connectivity index (χ1n) is 10.5. The van der Waals surface area contributed by atoms with Crippen LogP contribution in [0.1, 0.15) is 35.2 Å². The van der Waals surface area contributed by atoms with Gasteiger partial charge in [0.1, 0.15) is 6.04 Å². The molecule has 4 nitrogen and oxygen atoms in total. The Kier molecular flexibility index (Phi) is 6.70. The Morgan fingerprint density at radius 3 is 2.48 bits per heavy atom. The van der Waals surface area contributed by atoms with Gasteiger partial charge in [-0.05, 0) is 65.3 Å². The summed E-state index contributed by atoms with van der Waals surface area (Å²) in [5.74, 6) is -0.0505. The van der Waals surface area contributed by atoms with Gasteiger partial charge < -0.3 is 10.3 Å². The third kappa shape index (κ3) is 5.16. The molecule has 1 amide bonds. The number of aromatic amines is 1. The second kappa shape index (κ2) is 9.82. The molecule has 0 saturated heterocycles. The molecule has 0 unspecified atom stereocenters. The van der Waals surface area contributed by atoms with Gasteiger partial charge in [0, 0.05) is 29.8 Å². The molecule has 31 heavy (non-hydrogen) atoms. The number of fused-ring (bicyclic) bond motifs is 1. The van der Waals surface area contributed by atoms with E-state index >= 15 is 0 Å². The molecule has 0 aliphatic carbocycles. The molecule has 0 fully saturated rings. The smallest absolute Gasteiger partial charge is 0.241 e. The molecule has 3 aromatic carbocycles. The number of hydrogen-bond donors (Lipinski definition) is 3. The number of nitrogens with one attached hydrogen (secondary N) is 3. The highest BCUT2D eigenvalue weighted by Crippen LogP contribution is 2.27. The molecule has 2 atom stereocenters. The van der Waals surface area contributed by atoms with Crippen LogP contribution >= 0.6 is 11.6 Å². The molecular formula is C26H26ClN3O. The fraction of sp³-hybridized carbons (Fsp3) is 0.192. The van der Waals surface area contributed by atoms with Gasteiger partial charge in [0.25, 0.3) is 0 Å². The van der Waals surface area contributed by atoms with Crippen LogP contribution in [-0.2, 0) is 11.2 Å². The van der Waals surface area contributed by atoms with Gasteiger partial charge in [-0.15, -0.1) is 0 Å². The first-order valence-corrected chi connectivity index (χ1v) is 10.9. The lowest BCUT2D eigenvalue weighted by Crippen LogP contribution is -2.38. The Hall–Kier alpha value is -3.08. The van der Waals surface area contributed by atoms with E-state index in [0.717, 1.165) is 39.9 Å². The normalized spacial score (nSPS) is 13.1. The van der Waals surface area contributed by atoms with Crippen molar-refractivity contribution in [2.75, 3.05) is 7.05 Å². The number of benzene rings is 3. The van der Waals surface area contributed by atoms with Gasteiger partial charge in [-0.2, -0.15) is 0 Å². The zero-order valence-electron chi connectivity index (χ0n) is 17.4. The molecule has 0 bridgehead atoms. The highest BCUT2D eigenvalue weighted by Gasteiger charge is 2.24. The minimum Gasteiger partial charge on any atom is -0.361 e. The number of aryl methyl sites for hydroxylation is 1. The molecule has 0 aliphatic heterocycles. The Bertz CT molecular complexity index is 1140. The van der Waals surface area contributed by atoms with Crippen LogP contribution in [0.3, 0.4) is 0 Å². The van der Waals surface area contributed by atoms with Crippen molar-refractivity contribution in [1.82, 2.24) is 15.6 Å². The maximum atomic E-state index is 12.8. The Morgan fingerprint density at radius 2 is 1.74 bits per heavy atom. The van der Waals surface area contributed by atoms with Gasteiger partial charge in [-0.3, -0.25) is 10.1 Å².